The average molecular weight is 319 g/mol. The molecule has 0 spiro atoms. The second-order valence-corrected chi connectivity index (χ2v) is 5.54. The van der Waals surface area contributed by atoms with Gasteiger partial charge >= 0.3 is 0 Å². The minimum atomic E-state index is -0.410. The number of aryl methyl sites for hydroxylation is 1. The predicted molar refractivity (Wildman–Crippen MR) is 85.1 cm³/mol. The lowest BCUT2D eigenvalue weighted by atomic mass is 9.96. The molecule has 0 unspecified atom stereocenters. The quantitative estimate of drug-likeness (QED) is 0.887. The van der Waals surface area contributed by atoms with Crippen molar-refractivity contribution in [2.24, 2.45) is 0 Å². The maximum Gasteiger partial charge on any atom is 0.133 e. The Bertz CT molecular complexity index is 448. The van der Waals surface area contributed by atoms with Crippen molar-refractivity contribution in [3.8, 4) is 0 Å². The van der Waals surface area contributed by atoms with E-state index >= 15 is 0 Å². The fourth-order valence-electron chi connectivity index (χ4n) is 2.88. The zero-order chi connectivity index (χ0) is 14.5. The van der Waals surface area contributed by atoms with E-state index < -0.39 is 5.82 Å². The molecule has 1 N–H and O–H groups in total. The van der Waals surface area contributed by atoms with Crippen molar-refractivity contribution in [1.82, 2.24) is 10.2 Å². The lowest BCUT2D eigenvalue weighted by molar-refractivity contribution is 0.156. The fourth-order valence-corrected chi connectivity index (χ4v) is 2.88. The molecule has 1 heterocycles. The first-order valence-corrected chi connectivity index (χ1v) is 7.54. The number of hydrogen-bond acceptors (Lipinski definition) is 2. The van der Waals surface area contributed by atoms with Gasteiger partial charge in [0.25, 0.3) is 0 Å². The summed E-state index contributed by atoms with van der Waals surface area (Å²) in [5, 5.41) is 3.29. The molecule has 0 aliphatic carbocycles. The Labute approximate surface area is 132 Å². The van der Waals surface area contributed by atoms with Crippen molar-refractivity contribution in [3.05, 3.63) is 34.9 Å². The van der Waals surface area contributed by atoms with Crippen molar-refractivity contribution in [2.75, 3.05) is 26.2 Å². The lowest BCUT2D eigenvalue weighted by Crippen LogP contribution is -2.45. The molecule has 2 rings (SSSR count). The molecule has 0 amide bonds. The highest BCUT2D eigenvalue weighted by Gasteiger charge is 2.27. The van der Waals surface area contributed by atoms with Crippen LogP contribution in [-0.2, 0) is 0 Å². The van der Waals surface area contributed by atoms with Crippen LogP contribution in [0.5, 0.6) is 0 Å². The number of piperazine rings is 1. The second-order valence-electron chi connectivity index (χ2n) is 5.54. The van der Waals surface area contributed by atoms with Crippen LogP contribution in [-0.4, -0.2) is 31.1 Å². The minimum absolute atomic E-state index is 0. The maximum atomic E-state index is 14.4. The van der Waals surface area contributed by atoms with E-state index in [4.69, 9.17) is 0 Å². The predicted octanol–water partition coefficient (Wildman–Crippen LogP) is 3.83. The molecule has 120 valence electrons. The summed E-state index contributed by atoms with van der Waals surface area (Å²) in [6.07, 6.45) is 2.84. The molecule has 1 atom stereocenters. The molecule has 0 bridgehead atoms. The highest BCUT2D eigenvalue weighted by Crippen LogP contribution is 2.32. The molecule has 2 nitrogen and oxygen atoms in total. The Morgan fingerprint density at radius 3 is 2.52 bits per heavy atom. The van der Waals surface area contributed by atoms with Gasteiger partial charge in [-0.25, -0.2) is 8.78 Å². The van der Waals surface area contributed by atoms with Crippen LogP contribution in [0.4, 0.5) is 8.78 Å². The SMILES string of the molecule is CCCC[C@@H](c1c(F)ccc(C)c1F)N1CCNCC1.Cl. The Morgan fingerprint density at radius 2 is 1.90 bits per heavy atom. The van der Waals surface area contributed by atoms with E-state index in [0.29, 0.717) is 5.56 Å². The number of halogens is 3. The molecule has 21 heavy (non-hydrogen) atoms. The van der Waals surface area contributed by atoms with Gasteiger partial charge in [-0.3, -0.25) is 4.90 Å². The van der Waals surface area contributed by atoms with Gasteiger partial charge < -0.3 is 5.32 Å². The standard InChI is InChI=1S/C16H24F2N2.ClH/c1-3-4-5-14(20-10-8-19-9-11-20)15-13(17)7-6-12(2)16(15)18;/h6-7,14,19H,3-5,8-11H2,1-2H3;1H/t14-;/m0./s1. The van der Waals surface area contributed by atoms with Gasteiger partial charge in [0.15, 0.2) is 0 Å². The molecule has 1 aromatic carbocycles. The van der Waals surface area contributed by atoms with E-state index in [0.717, 1.165) is 45.4 Å². The van der Waals surface area contributed by atoms with Crippen LogP contribution in [0, 0.1) is 18.6 Å². The molecule has 1 saturated heterocycles. The first kappa shape index (κ1) is 18.3. The fraction of sp³-hybridized carbons (Fsp3) is 0.625. The molecular formula is C16H25ClF2N2. The van der Waals surface area contributed by atoms with Crippen molar-refractivity contribution in [3.63, 3.8) is 0 Å². The molecule has 0 radical (unpaired) electrons. The summed E-state index contributed by atoms with van der Waals surface area (Å²) in [5.74, 6) is -0.780. The van der Waals surface area contributed by atoms with Crippen molar-refractivity contribution in [2.45, 2.75) is 39.2 Å². The first-order valence-electron chi connectivity index (χ1n) is 7.54. The number of rotatable bonds is 5. The summed E-state index contributed by atoms with van der Waals surface area (Å²) < 4.78 is 28.6. The lowest BCUT2D eigenvalue weighted by Gasteiger charge is -2.35. The molecule has 1 aromatic rings. The van der Waals surface area contributed by atoms with Gasteiger partial charge in [-0.05, 0) is 25.0 Å². The van der Waals surface area contributed by atoms with E-state index in [1.54, 1.807) is 6.92 Å². The van der Waals surface area contributed by atoms with E-state index in [-0.39, 0.29) is 29.8 Å². The number of unbranched alkanes of at least 4 members (excludes halogenated alkanes) is 1. The van der Waals surface area contributed by atoms with Gasteiger partial charge in [-0.2, -0.15) is 0 Å². The van der Waals surface area contributed by atoms with Crippen molar-refractivity contribution < 1.29 is 8.78 Å². The Kier molecular flexibility index (Phi) is 7.57. The maximum absolute atomic E-state index is 14.4. The zero-order valence-electron chi connectivity index (χ0n) is 12.8. The van der Waals surface area contributed by atoms with Crippen LogP contribution in [0.1, 0.15) is 43.4 Å². The minimum Gasteiger partial charge on any atom is -0.314 e. The van der Waals surface area contributed by atoms with Crippen molar-refractivity contribution >= 4 is 12.4 Å². The summed E-state index contributed by atoms with van der Waals surface area (Å²) in [4.78, 5) is 2.22. The first-order chi connectivity index (χ1) is 9.65. The summed E-state index contributed by atoms with van der Waals surface area (Å²) in [6, 6.07) is 2.77. The zero-order valence-corrected chi connectivity index (χ0v) is 13.6. The Balaban J connectivity index is 0.00000220. The number of hydrogen-bond donors (Lipinski definition) is 1. The van der Waals surface area contributed by atoms with Crippen LogP contribution in [0.2, 0.25) is 0 Å². The Morgan fingerprint density at radius 1 is 1.24 bits per heavy atom. The van der Waals surface area contributed by atoms with Crippen LogP contribution >= 0.6 is 12.4 Å². The van der Waals surface area contributed by atoms with Gasteiger partial charge in [-0.1, -0.05) is 25.8 Å². The van der Waals surface area contributed by atoms with E-state index in [1.807, 2.05) is 0 Å². The summed E-state index contributed by atoms with van der Waals surface area (Å²) in [6.45, 7) is 7.28. The molecular weight excluding hydrogens is 294 g/mol. The normalized spacial score (nSPS) is 17.3. The average Bonchev–Trinajstić information content (AvgIpc) is 2.47. The second kappa shape index (κ2) is 8.66. The molecule has 1 aliphatic heterocycles. The monoisotopic (exact) mass is 318 g/mol. The van der Waals surface area contributed by atoms with Gasteiger partial charge in [0.1, 0.15) is 11.6 Å². The molecule has 0 saturated carbocycles. The summed E-state index contributed by atoms with van der Waals surface area (Å²) >= 11 is 0. The number of benzene rings is 1. The number of nitrogens with zero attached hydrogens (tertiary/aromatic N) is 1. The molecule has 5 heteroatoms. The number of nitrogens with one attached hydrogen (secondary N) is 1. The third-order valence-corrected chi connectivity index (χ3v) is 4.08. The third kappa shape index (κ3) is 4.38. The third-order valence-electron chi connectivity index (χ3n) is 4.08. The highest BCUT2D eigenvalue weighted by atomic mass is 35.5. The van der Waals surface area contributed by atoms with E-state index in [9.17, 15) is 8.78 Å². The van der Waals surface area contributed by atoms with Gasteiger partial charge in [-0.15, -0.1) is 12.4 Å². The van der Waals surface area contributed by atoms with Gasteiger partial charge in [0.2, 0.25) is 0 Å². The van der Waals surface area contributed by atoms with Crippen LogP contribution in [0.25, 0.3) is 0 Å². The van der Waals surface area contributed by atoms with E-state index in [1.165, 1.54) is 12.1 Å². The molecule has 0 aromatic heterocycles. The summed E-state index contributed by atoms with van der Waals surface area (Å²) in [7, 11) is 0. The Hall–Kier alpha value is -0.710. The van der Waals surface area contributed by atoms with Crippen LogP contribution in [0.15, 0.2) is 12.1 Å². The van der Waals surface area contributed by atoms with Crippen LogP contribution < -0.4 is 5.32 Å². The topological polar surface area (TPSA) is 15.3 Å². The smallest absolute Gasteiger partial charge is 0.133 e. The van der Waals surface area contributed by atoms with Crippen molar-refractivity contribution in [1.29, 1.82) is 0 Å². The van der Waals surface area contributed by atoms with Crippen LogP contribution in [0.3, 0.4) is 0 Å². The summed E-state index contributed by atoms with van der Waals surface area (Å²) in [5.41, 5.74) is 0.790. The largest absolute Gasteiger partial charge is 0.314 e. The van der Waals surface area contributed by atoms with E-state index in [2.05, 4.69) is 17.1 Å². The molecule has 1 aliphatic rings. The highest BCUT2D eigenvalue weighted by molar-refractivity contribution is 5.85. The van der Waals surface area contributed by atoms with Gasteiger partial charge in [0.05, 0.1) is 0 Å². The molecule has 1 fully saturated rings. The van der Waals surface area contributed by atoms with Gasteiger partial charge in [0, 0.05) is 37.8 Å².